The van der Waals surface area contributed by atoms with Gasteiger partial charge in [0.1, 0.15) is 6.29 Å². The Kier molecular flexibility index (Phi) is 6.79. The van der Waals surface area contributed by atoms with E-state index >= 15 is 0 Å². The molecule has 0 amide bonds. The highest BCUT2D eigenvalue weighted by Crippen LogP contribution is 1.99. The van der Waals surface area contributed by atoms with E-state index < -0.39 is 0 Å². The fourth-order valence-corrected chi connectivity index (χ4v) is 0.715. The summed E-state index contributed by atoms with van der Waals surface area (Å²) in [4.78, 5) is 9.89. The molecule has 0 aliphatic rings. The van der Waals surface area contributed by atoms with Gasteiger partial charge in [0, 0.05) is 7.11 Å². The van der Waals surface area contributed by atoms with Gasteiger partial charge in [0.2, 0.25) is 0 Å². The van der Waals surface area contributed by atoms with Crippen LogP contribution in [0.25, 0.3) is 6.08 Å². The van der Waals surface area contributed by atoms with Crippen molar-refractivity contribution in [2.45, 2.75) is 0 Å². The monoisotopic (exact) mass is 164 g/mol. The van der Waals surface area contributed by atoms with E-state index in [9.17, 15) is 4.79 Å². The van der Waals surface area contributed by atoms with Gasteiger partial charge in [0.25, 0.3) is 0 Å². The van der Waals surface area contributed by atoms with Crippen molar-refractivity contribution in [3.05, 3.63) is 42.0 Å². The molecule has 0 saturated carbocycles. The Morgan fingerprint density at radius 2 is 1.75 bits per heavy atom. The summed E-state index contributed by atoms with van der Waals surface area (Å²) in [6.07, 6.45) is 4.02. The van der Waals surface area contributed by atoms with Gasteiger partial charge in [-0.15, -0.1) is 0 Å². The Bertz CT molecular complexity index is 227. The summed E-state index contributed by atoms with van der Waals surface area (Å²) in [5.41, 5.74) is 1.05. The molecule has 0 bridgehead atoms. The second kappa shape index (κ2) is 7.69. The second-order valence-corrected chi connectivity index (χ2v) is 1.91. The third-order valence-corrected chi connectivity index (χ3v) is 1.17. The molecule has 0 heterocycles. The van der Waals surface area contributed by atoms with Gasteiger partial charge in [0.05, 0.1) is 0 Å². The van der Waals surface area contributed by atoms with Gasteiger partial charge >= 0.3 is 0 Å². The van der Waals surface area contributed by atoms with Gasteiger partial charge in [-0.25, -0.2) is 0 Å². The van der Waals surface area contributed by atoms with E-state index in [1.165, 1.54) is 6.08 Å². The molecule has 1 N–H and O–H groups in total. The number of benzene rings is 1. The second-order valence-electron chi connectivity index (χ2n) is 1.91. The molecule has 0 atom stereocenters. The van der Waals surface area contributed by atoms with Crippen LogP contribution in [0.3, 0.4) is 0 Å². The maximum Gasteiger partial charge on any atom is 0.142 e. The Balaban J connectivity index is 0.000000561. The number of carbonyl (C=O) groups is 1. The highest BCUT2D eigenvalue weighted by Gasteiger charge is 1.79. The van der Waals surface area contributed by atoms with E-state index in [4.69, 9.17) is 5.11 Å². The molecule has 0 spiro atoms. The van der Waals surface area contributed by atoms with Crippen LogP contribution in [-0.4, -0.2) is 18.5 Å². The van der Waals surface area contributed by atoms with Crippen molar-refractivity contribution in [2.75, 3.05) is 7.11 Å². The molecular formula is C10H12O2. The lowest BCUT2D eigenvalue weighted by Crippen LogP contribution is -1.67. The van der Waals surface area contributed by atoms with Crippen LogP contribution >= 0.6 is 0 Å². The molecule has 2 heteroatoms. The summed E-state index contributed by atoms with van der Waals surface area (Å²) in [6, 6.07) is 9.70. The Morgan fingerprint density at radius 1 is 1.17 bits per heavy atom. The zero-order valence-electron chi connectivity index (χ0n) is 6.97. The van der Waals surface area contributed by atoms with E-state index in [2.05, 4.69) is 0 Å². The van der Waals surface area contributed by atoms with E-state index in [-0.39, 0.29) is 0 Å². The zero-order valence-corrected chi connectivity index (χ0v) is 6.97. The first-order valence-electron chi connectivity index (χ1n) is 3.55. The lowest BCUT2D eigenvalue weighted by Gasteiger charge is -1.86. The standard InChI is InChI=1S/C9H8O.CH4O/c10-8-4-7-9-5-2-1-3-6-9;1-2/h1-8H;2H,1H3. The number of allylic oxidation sites excluding steroid dienone is 1. The van der Waals surface area contributed by atoms with Crippen molar-refractivity contribution < 1.29 is 9.90 Å². The van der Waals surface area contributed by atoms with Crippen molar-refractivity contribution in [3.63, 3.8) is 0 Å². The average molecular weight is 164 g/mol. The smallest absolute Gasteiger partial charge is 0.142 e. The van der Waals surface area contributed by atoms with E-state index in [1.54, 1.807) is 6.08 Å². The maximum absolute atomic E-state index is 9.89. The van der Waals surface area contributed by atoms with Gasteiger partial charge < -0.3 is 5.11 Å². The number of hydrogen-bond donors (Lipinski definition) is 1. The van der Waals surface area contributed by atoms with Crippen molar-refractivity contribution in [1.82, 2.24) is 0 Å². The zero-order chi connectivity index (χ0) is 9.23. The molecule has 12 heavy (non-hydrogen) atoms. The first kappa shape index (κ1) is 10.6. The molecule has 0 radical (unpaired) electrons. The van der Waals surface area contributed by atoms with Crippen molar-refractivity contribution in [2.24, 2.45) is 0 Å². The lowest BCUT2D eigenvalue weighted by atomic mass is 10.2. The third-order valence-electron chi connectivity index (χ3n) is 1.17. The van der Waals surface area contributed by atoms with Crippen LogP contribution < -0.4 is 0 Å². The van der Waals surface area contributed by atoms with Gasteiger partial charge in [-0.3, -0.25) is 4.79 Å². The number of aldehydes is 1. The quantitative estimate of drug-likeness (QED) is 0.531. The van der Waals surface area contributed by atoms with Crippen molar-refractivity contribution in [3.8, 4) is 0 Å². The van der Waals surface area contributed by atoms with E-state index in [0.717, 1.165) is 19.0 Å². The molecule has 0 saturated heterocycles. The molecular weight excluding hydrogens is 152 g/mol. The number of hydrogen-bond acceptors (Lipinski definition) is 2. The minimum atomic E-state index is 0.771. The summed E-state index contributed by atoms with van der Waals surface area (Å²) in [5, 5.41) is 7.00. The van der Waals surface area contributed by atoms with Crippen LogP contribution in [0.1, 0.15) is 5.56 Å². The SMILES string of the molecule is CO.O=CC=Cc1ccccc1. The van der Waals surface area contributed by atoms with Gasteiger partial charge in [0.15, 0.2) is 0 Å². The fourth-order valence-electron chi connectivity index (χ4n) is 0.715. The van der Waals surface area contributed by atoms with Gasteiger partial charge in [-0.2, -0.15) is 0 Å². The molecule has 0 aliphatic heterocycles. The molecule has 0 unspecified atom stereocenters. The molecule has 0 aromatic heterocycles. The summed E-state index contributed by atoms with van der Waals surface area (Å²) in [6.45, 7) is 0. The summed E-state index contributed by atoms with van der Waals surface area (Å²) in [7, 11) is 1.00. The average Bonchev–Trinajstić information content (AvgIpc) is 2.19. The highest BCUT2D eigenvalue weighted by molar-refractivity contribution is 5.73. The highest BCUT2D eigenvalue weighted by atomic mass is 16.2. The topological polar surface area (TPSA) is 37.3 Å². The van der Waals surface area contributed by atoms with Crippen molar-refractivity contribution in [1.29, 1.82) is 0 Å². The molecule has 2 nitrogen and oxygen atoms in total. The number of rotatable bonds is 2. The van der Waals surface area contributed by atoms with E-state index in [0.29, 0.717) is 0 Å². The van der Waals surface area contributed by atoms with Crippen LogP contribution in [0.4, 0.5) is 0 Å². The maximum atomic E-state index is 9.89. The van der Waals surface area contributed by atoms with E-state index in [1.807, 2.05) is 30.3 Å². The number of carbonyl (C=O) groups excluding carboxylic acids is 1. The summed E-state index contributed by atoms with van der Waals surface area (Å²) >= 11 is 0. The van der Waals surface area contributed by atoms with Gasteiger partial charge in [-0.05, 0) is 11.6 Å². The largest absolute Gasteiger partial charge is 0.400 e. The summed E-state index contributed by atoms with van der Waals surface area (Å²) in [5.74, 6) is 0. The minimum Gasteiger partial charge on any atom is -0.400 e. The molecule has 1 rings (SSSR count). The molecule has 0 fully saturated rings. The van der Waals surface area contributed by atoms with Crippen LogP contribution in [0, 0.1) is 0 Å². The van der Waals surface area contributed by atoms with Crippen LogP contribution in [0.15, 0.2) is 36.4 Å². The first-order valence-corrected chi connectivity index (χ1v) is 3.55. The van der Waals surface area contributed by atoms with Crippen LogP contribution in [0.5, 0.6) is 0 Å². The van der Waals surface area contributed by atoms with Gasteiger partial charge in [-0.1, -0.05) is 36.4 Å². The normalized spacial score (nSPS) is 8.83. The molecule has 1 aromatic carbocycles. The Morgan fingerprint density at radius 3 is 2.25 bits per heavy atom. The number of aliphatic hydroxyl groups is 1. The molecule has 0 aliphatic carbocycles. The van der Waals surface area contributed by atoms with Crippen LogP contribution in [-0.2, 0) is 4.79 Å². The predicted molar refractivity (Wildman–Crippen MR) is 49.7 cm³/mol. The summed E-state index contributed by atoms with van der Waals surface area (Å²) < 4.78 is 0. The number of aliphatic hydroxyl groups excluding tert-OH is 1. The fraction of sp³-hybridized carbons (Fsp3) is 0.100. The lowest BCUT2D eigenvalue weighted by molar-refractivity contribution is -0.104. The third kappa shape index (κ3) is 4.41. The Hall–Kier alpha value is -1.41. The van der Waals surface area contributed by atoms with Crippen LogP contribution in [0.2, 0.25) is 0 Å². The van der Waals surface area contributed by atoms with Crippen molar-refractivity contribution >= 4 is 12.4 Å². The molecule has 1 aromatic rings. The predicted octanol–water partition coefficient (Wildman–Crippen LogP) is 1.51. The first-order chi connectivity index (χ1) is 5.93. The minimum absolute atomic E-state index is 0.771. The Labute approximate surface area is 72.2 Å². The molecule has 64 valence electrons.